The van der Waals surface area contributed by atoms with Crippen LogP contribution in [0.2, 0.25) is 5.02 Å². The van der Waals surface area contributed by atoms with E-state index in [1.165, 1.54) is 12.1 Å². The summed E-state index contributed by atoms with van der Waals surface area (Å²) in [5.74, 6) is -0.462. The maximum absolute atomic E-state index is 12.4. The summed E-state index contributed by atoms with van der Waals surface area (Å²) in [6.45, 7) is -0.707. The Morgan fingerprint density at radius 2 is 2.19 bits per heavy atom. The molecule has 1 aromatic carbocycles. The minimum Gasteiger partial charge on any atom is -0.431 e. The molecule has 0 fully saturated rings. The van der Waals surface area contributed by atoms with Gasteiger partial charge in [0.15, 0.2) is 5.75 Å². The first-order chi connectivity index (χ1) is 9.87. The fourth-order valence-corrected chi connectivity index (χ4v) is 2.62. The molecule has 0 bridgehead atoms. The van der Waals surface area contributed by atoms with Gasteiger partial charge in [-0.3, -0.25) is 4.79 Å². The standard InChI is InChI=1S/C13H16BrClF2N2O2/c1-2-7(6-18)3-11(20)19-10-5-8(15)4-9(14)12(10)21-13(16)17/h4-5,7,13H,2-3,6,18H2,1H3,(H,19,20). The normalized spacial score (nSPS) is 12.3. The van der Waals surface area contributed by atoms with Crippen molar-refractivity contribution in [3.8, 4) is 5.75 Å². The van der Waals surface area contributed by atoms with Gasteiger partial charge in [-0.2, -0.15) is 8.78 Å². The number of alkyl halides is 2. The van der Waals surface area contributed by atoms with Crippen LogP contribution in [-0.2, 0) is 4.79 Å². The second-order valence-corrected chi connectivity index (χ2v) is 5.70. The quantitative estimate of drug-likeness (QED) is 0.745. The number of anilines is 1. The number of halogens is 4. The smallest absolute Gasteiger partial charge is 0.387 e. The van der Waals surface area contributed by atoms with Gasteiger partial charge in [-0.05, 0) is 40.5 Å². The van der Waals surface area contributed by atoms with Crippen molar-refractivity contribution in [1.82, 2.24) is 0 Å². The minimum atomic E-state index is -3.01. The summed E-state index contributed by atoms with van der Waals surface area (Å²) in [7, 11) is 0. The molecule has 1 rings (SSSR count). The molecule has 0 aliphatic carbocycles. The number of ether oxygens (including phenoxy) is 1. The molecule has 0 aliphatic heterocycles. The average Bonchev–Trinajstić information content (AvgIpc) is 2.39. The van der Waals surface area contributed by atoms with E-state index in [4.69, 9.17) is 17.3 Å². The number of carbonyl (C=O) groups is 1. The number of benzene rings is 1. The van der Waals surface area contributed by atoms with Crippen LogP contribution in [-0.4, -0.2) is 19.1 Å². The summed E-state index contributed by atoms with van der Waals surface area (Å²) in [4.78, 5) is 11.9. The maximum atomic E-state index is 12.4. The third kappa shape index (κ3) is 5.76. The summed E-state index contributed by atoms with van der Waals surface area (Å²) in [5.41, 5.74) is 5.63. The van der Waals surface area contributed by atoms with Gasteiger partial charge >= 0.3 is 6.61 Å². The molecule has 8 heteroatoms. The van der Waals surface area contributed by atoms with Crippen LogP contribution in [0, 0.1) is 5.92 Å². The molecule has 0 aromatic heterocycles. The monoisotopic (exact) mass is 384 g/mol. The van der Waals surface area contributed by atoms with Gasteiger partial charge in [0.1, 0.15) is 0 Å². The van der Waals surface area contributed by atoms with E-state index < -0.39 is 6.61 Å². The van der Waals surface area contributed by atoms with Crippen LogP contribution in [0.25, 0.3) is 0 Å². The highest BCUT2D eigenvalue weighted by Gasteiger charge is 2.18. The van der Waals surface area contributed by atoms with Gasteiger partial charge in [-0.1, -0.05) is 24.9 Å². The number of rotatable bonds is 7. The lowest BCUT2D eigenvalue weighted by molar-refractivity contribution is -0.117. The molecule has 3 N–H and O–H groups in total. The van der Waals surface area contributed by atoms with E-state index in [1.54, 1.807) is 0 Å². The van der Waals surface area contributed by atoms with Crippen LogP contribution in [0.1, 0.15) is 19.8 Å². The number of hydrogen-bond donors (Lipinski definition) is 2. The molecule has 1 amide bonds. The number of carbonyl (C=O) groups excluding carboxylic acids is 1. The molecular formula is C13H16BrClF2N2O2. The lowest BCUT2D eigenvalue weighted by atomic mass is 10.0. The number of hydrogen-bond acceptors (Lipinski definition) is 3. The van der Waals surface area contributed by atoms with E-state index in [0.29, 0.717) is 6.54 Å². The first-order valence-electron chi connectivity index (χ1n) is 6.31. The summed E-state index contributed by atoms with van der Waals surface area (Å²) in [6, 6.07) is 2.76. The maximum Gasteiger partial charge on any atom is 0.387 e. The second kappa shape index (κ2) is 8.51. The number of nitrogens with two attached hydrogens (primary N) is 1. The minimum absolute atomic E-state index is 0.0343. The second-order valence-electron chi connectivity index (χ2n) is 4.41. The Kier molecular flexibility index (Phi) is 7.34. The SMILES string of the molecule is CCC(CN)CC(=O)Nc1cc(Cl)cc(Br)c1OC(F)F. The first-order valence-corrected chi connectivity index (χ1v) is 7.48. The van der Waals surface area contributed by atoms with Crippen LogP contribution < -0.4 is 15.8 Å². The zero-order valence-electron chi connectivity index (χ0n) is 11.3. The first kappa shape index (κ1) is 18.1. The van der Waals surface area contributed by atoms with Crippen molar-refractivity contribution in [2.24, 2.45) is 11.7 Å². The van der Waals surface area contributed by atoms with Crippen LogP contribution in [0.5, 0.6) is 5.75 Å². The van der Waals surface area contributed by atoms with Crippen LogP contribution in [0.4, 0.5) is 14.5 Å². The fraction of sp³-hybridized carbons (Fsp3) is 0.462. The Hall–Kier alpha value is -0.920. The zero-order chi connectivity index (χ0) is 16.0. The van der Waals surface area contributed by atoms with E-state index >= 15 is 0 Å². The topological polar surface area (TPSA) is 64.4 Å². The summed E-state index contributed by atoms with van der Waals surface area (Å²) >= 11 is 8.94. The van der Waals surface area contributed by atoms with E-state index in [2.05, 4.69) is 26.0 Å². The third-order valence-electron chi connectivity index (χ3n) is 2.87. The molecular weight excluding hydrogens is 370 g/mol. The Morgan fingerprint density at radius 3 is 2.71 bits per heavy atom. The van der Waals surface area contributed by atoms with E-state index in [0.717, 1.165) is 6.42 Å². The largest absolute Gasteiger partial charge is 0.431 e. The number of nitrogens with one attached hydrogen (secondary N) is 1. The summed E-state index contributed by atoms with van der Waals surface area (Å²) in [5, 5.41) is 2.81. The molecule has 0 heterocycles. The highest BCUT2D eigenvalue weighted by atomic mass is 79.9. The van der Waals surface area contributed by atoms with Gasteiger partial charge in [0.2, 0.25) is 5.91 Å². The van der Waals surface area contributed by atoms with Gasteiger partial charge < -0.3 is 15.8 Å². The van der Waals surface area contributed by atoms with Gasteiger partial charge in [0.05, 0.1) is 10.2 Å². The summed E-state index contributed by atoms with van der Waals surface area (Å²) in [6.07, 6.45) is 0.953. The molecule has 118 valence electrons. The number of amides is 1. The molecule has 1 atom stereocenters. The summed E-state index contributed by atoms with van der Waals surface area (Å²) < 4.78 is 29.5. The van der Waals surface area contributed by atoms with Crippen molar-refractivity contribution in [3.63, 3.8) is 0 Å². The molecule has 0 spiro atoms. The molecule has 0 aliphatic rings. The molecule has 0 saturated heterocycles. The molecule has 0 radical (unpaired) electrons. The van der Waals surface area contributed by atoms with Crippen LogP contribution >= 0.6 is 27.5 Å². The molecule has 1 aromatic rings. The van der Waals surface area contributed by atoms with E-state index in [1.807, 2.05) is 6.92 Å². The van der Waals surface area contributed by atoms with Crippen molar-refractivity contribution in [2.75, 3.05) is 11.9 Å². The van der Waals surface area contributed by atoms with Gasteiger partial charge in [0.25, 0.3) is 0 Å². The van der Waals surface area contributed by atoms with Crippen molar-refractivity contribution < 1.29 is 18.3 Å². The van der Waals surface area contributed by atoms with E-state index in [-0.39, 0.29) is 39.2 Å². The predicted octanol–water partition coefficient (Wildman–Crippen LogP) is 4.02. The highest BCUT2D eigenvalue weighted by Crippen LogP contribution is 2.37. The van der Waals surface area contributed by atoms with Crippen molar-refractivity contribution in [2.45, 2.75) is 26.4 Å². The Bertz CT molecular complexity index is 499. The third-order valence-corrected chi connectivity index (χ3v) is 3.68. The van der Waals surface area contributed by atoms with Crippen molar-refractivity contribution >= 4 is 39.1 Å². The molecule has 1 unspecified atom stereocenters. The Morgan fingerprint density at radius 1 is 1.52 bits per heavy atom. The van der Waals surface area contributed by atoms with Crippen LogP contribution in [0.15, 0.2) is 16.6 Å². The average molecular weight is 386 g/mol. The predicted molar refractivity (Wildman–Crippen MR) is 81.9 cm³/mol. The van der Waals surface area contributed by atoms with Crippen molar-refractivity contribution in [1.29, 1.82) is 0 Å². The molecule has 4 nitrogen and oxygen atoms in total. The van der Waals surface area contributed by atoms with Gasteiger partial charge in [0, 0.05) is 11.4 Å². The fourth-order valence-electron chi connectivity index (χ4n) is 1.72. The molecule has 21 heavy (non-hydrogen) atoms. The molecule has 0 saturated carbocycles. The van der Waals surface area contributed by atoms with Crippen molar-refractivity contribution in [3.05, 3.63) is 21.6 Å². The van der Waals surface area contributed by atoms with Gasteiger partial charge in [-0.25, -0.2) is 0 Å². The Balaban J connectivity index is 2.93. The Labute approximate surface area is 135 Å². The van der Waals surface area contributed by atoms with Gasteiger partial charge in [-0.15, -0.1) is 0 Å². The lowest BCUT2D eigenvalue weighted by Crippen LogP contribution is -2.22. The van der Waals surface area contributed by atoms with Crippen LogP contribution in [0.3, 0.4) is 0 Å². The zero-order valence-corrected chi connectivity index (χ0v) is 13.7. The lowest BCUT2D eigenvalue weighted by Gasteiger charge is -2.16. The van der Waals surface area contributed by atoms with E-state index in [9.17, 15) is 13.6 Å². The highest BCUT2D eigenvalue weighted by molar-refractivity contribution is 9.10.